The van der Waals surface area contributed by atoms with E-state index in [1.54, 1.807) is 0 Å². The SMILES string of the molecule is [CH3][Sn]([CH3])([CH3])[CH2]C(C(=O)O)C1(C(=O)NN)CCCCC1O. The van der Waals surface area contributed by atoms with Gasteiger partial charge in [-0.05, 0) is 0 Å². The first-order valence-corrected chi connectivity index (χ1v) is 17.6. The van der Waals surface area contributed by atoms with Gasteiger partial charge in [-0.1, -0.05) is 0 Å². The molecule has 0 heterocycles. The third-order valence-corrected chi connectivity index (χ3v) is 8.86. The molecule has 6 nitrogen and oxygen atoms in total. The van der Waals surface area contributed by atoms with Crippen LogP contribution < -0.4 is 11.3 Å². The minimum absolute atomic E-state index is 0.385. The number of aliphatic hydroxyl groups excluding tert-OH is 1. The molecule has 20 heavy (non-hydrogen) atoms. The number of nitrogens with two attached hydrogens (primary N) is 1. The number of carbonyl (C=O) groups excluding carboxylic acids is 1. The normalized spacial score (nSPS) is 28.8. The summed E-state index contributed by atoms with van der Waals surface area (Å²) in [5, 5.41) is 20.0. The van der Waals surface area contributed by atoms with Crippen LogP contribution >= 0.6 is 0 Å². The van der Waals surface area contributed by atoms with Gasteiger partial charge < -0.3 is 0 Å². The predicted molar refractivity (Wildman–Crippen MR) is 78.5 cm³/mol. The number of hydrogen-bond donors (Lipinski definition) is 4. The predicted octanol–water partition coefficient (Wildman–Crippen LogP) is 0.937. The molecule has 0 aromatic carbocycles. The Kier molecular flexibility index (Phi) is 5.86. The minimum atomic E-state index is -2.46. The van der Waals surface area contributed by atoms with Gasteiger partial charge in [0.1, 0.15) is 0 Å². The number of carbonyl (C=O) groups is 2. The second-order valence-electron chi connectivity index (χ2n) is 6.93. The second-order valence-corrected chi connectivity index (χ2v) is 22.7. The Balaban J connectivity index is 3.24. The molecule has 0 spiro atoms. The molecule has 0 aliphatic heterocycles. The Labute approximate surface area is 124 Å². The van der Waals surface area contributed by atoms with Crippen LogP contribution in [0, 0.1) is 11.3 Å². The van der Waals surface area contributed by atoms with Gasteiger partial charge in [-0.15, -0.1) is 0 Å². The summed E-state index contributed by atoms with van der Waals surface area (Å²) in [6.45, 7) is 0. The molecule has 5 N–H and O–H groups in total. The van der Waals surface area contributed by atoms with E-state index in [0.717, 1.165) is 12.8 Å². The second kappa shape index (κ2) is 6.61. The third-order valence-electron chi connectivity index (χ3n) is 4.20. The van der Waals surface area contributed by atoms with Crippen LogP contribution in [-0.4, -0.2) is 46.6 Å². The molecule has 0 aromatic rings. The molecule has 0 aromatic heterocycles. The van der Waals surface area contributed by atoms with Gasteiger partial charge in [0.25, 0.3) is 0 Å². The van der Waals surface area contributed by atoms with Crippen LogP contribution in [0.15, 0.2) is 0 Å². The summed E-state index contributed by atoms with van der Waals surface area (Å²) in [7, 11) is 0. The van der Waals surface area contributed by atoms with E-state index in [0.29, 0.717) is 17.3 Å². The Morgan fingerprint density at radius 1 is 1.40 bits per heavy atom. The summed E-state index contributed by atoms with van der Waals surface area (Å²) in [6, 6.07) is 0. The average molecular weight is 393 g/mol. The van der Waals surface area contributed by atoms with E-state index in [4.69, 9.17) is 5.84 Å². The van der Waals surface area contributed by atoms with Gasteiger partial charge in [-0.25, -0.2) is 0 Å². The third kappa shape index (κ3) is 3.65. The van der Waals surface area contributed by atoms with Gasteiger partial charge in [0.15, 0.2) is 0 Å². The number of hydrogen-bond acceptors (Lipinski definition) is 4. The number of aliphatic carboxylic acids is 1. The van der Waals surface area contributed by atoms with Crippen LogP contribution in [0.1, 0.15) is 25.7 Å². The van der Waals surface area contributed by atoms with Crippen LogP contribution in [0.5, 0.6) is 0 Å². The summed E-state index contributed by atoms with van der Waals surface area (Å²) in [5.41, 5.74) is 0.813. The van der Waals surface area contributed by atoms with Crippen LogP contribution in [0.4, 0.5) is 0 Å². The summed E-state index contributed by atoms with van der Waals surface area (Å²) < 4.78 is 0.522. The number of hydrazine groups is 1. The van der Waals surface area contributed by atoms with Gasteiger partial charge in [0.2, 0.25) is 0 Å². The van der Waals surface area contributed by atoms with Crippen LogP contribution in [-0.2, 0) is 9.59 Å². The van der Waals surface area contributed by atoms with Crippen LogP contribution in [0.25, 0.3) is 0 Å². The quantitative estimate of drug-likeness (QED) is 0.240. The molecule has 0 saturated heterocycles. The zero-order valence-electron chi connectivity index (χ0n) is 12.5. The number of amides is 1. The first kappa shape index (κ1) is 17.7. The molecule has 3 unspecified atom stereocenters. The molecule has 7 heteroatoms. The molecule has 116 valence electrons. The molecule has 3 atom stereocenters. The van der Waals surface area contributed by atoms with Crippen molar-refractivity contribution in [1.29, 1.82) is 0 Å². The van der Waals surface area contributed by atoms with E-state index in [2.05, 4.69) is 20.2 Å². The fourth-order valence-corrected chi connectivity index (χ4v) is 8.28. The summed E-state index contributed by atoms with van der Waals surface area (Å²) in [5.74, 6) is 2.88. The maximum absolute atomic E-state index is 12.3. The molecule has 0 radical (unpaired) electrons. The first-order chi connectivity index (χ1) is 9.15. The number of aliphatic hydroxyl groups is 1. The summed E-state index contributed by atoms with van der Waals surface area (Å²) >= 11 is -2.46. The number of carboxylic acid groups (broad SMARTS) is 1. The van der Waals surface area contributed by atoms with Crippen molar-refractivity contribution in [2.45, 2.75) is 51.0 Å². The molecule has 1 rings (SSSR count). The summed E-state index contributed by atoms with van der Waals surface area (Å²) in [6.07, 6.45) is 1.46. The Bertz CT molecular complexity index is 383. The number of rotatable bonds is 5. The van der Waals surface area contributed by atoms with Crippen molar-refractivity contribution < 1.29 is 19.8 Å². The Morgan fingerprint density at radius 3 is 2.40 bits per heavy atom. The first-order valence-electron chi connectivity index (χ1n) is 7.07. The summed E-state index contributed by atoms with van der Waals surface area (Å²) in [4.78, 5) is 30.4. The number of carboxylic acids is 1. The molecule has 1 amide bonds. The van der Waals surface area contributed by atoms with Gasteiger partial charge in [-0.3, -0.25) is 0 Å². The number of nitrogens with one attached hydrogen (secondary N) is 1. The van der Waals surface area contributed by atoms with Crippen molar-refractivity contribution in [2.75, 3.05) is 0 Å². The van der Waals surface area contributed by atoms with Crippen molar-refractivity contribution in [3.8, 4) is 0 Å². The zero-order valence-corrected chi connectivity index (χ0v) is 15.3. The molecule has 1 saturated carbocycles. The molecular weight excluding hydrogens is 367 g/mol. The van der Waals surface area contributed by atoms with E-state index < -0.39 is 47.7 Å². The molecule has 1 aliphatic rings. The zero-order chi connectivity index (χ0) is 15.6. The van der Waals surface area contributed by atoms with Crippen molar-refractivity contribution in [3.63, 3.8) is 0 Å². The Morgan fingerprint density at radius 2 is 2.00 bits per heavy atom. The van der Waals surface area contributed by atoms with Crippen molar-refractivity contribution in [1.82, 2.24) is 5.43 Å². The van der Waals surface area contributed by atoms with E-state index in [1.165, 1.54) is 0 Å². The van der Waals surface area contributed by atoms with E-state index >= 15 is 0 Å². The monoisotopic (exact) mass is 394 g/mol. The van der Waals surface area contributed by atoms with Gasteiger partial charge >= 0.3 is 124 Å². The van der Waals surface area contributed by atoms with Crippen LogP contribution in [0.3, 0.4) is 0 Å². The van der Waals surface area contributed by atoms with Crippen LogP contribution in [0.2, 0.25) is 19.3 Å². The van der Waals surface area contributed by atoms with Gasteiger partial charge in [-0.2, -0.15) is 0 Å². The topological polar surface area (TPSA) is 113 Å². The van der Waals surface area contributed by atoms with E-state index in [-0.39, 0.29) is 0 Å². The molecule has 0 bridgehead atoms. The molecular formula is C13H26N2O4Sn. The maximum atomic E-state index is 12.3. The van der Waals surface area contributed by atoms with Gasteiger partial charge in [0, 0.05) is 0 Å². The Hall–Kier alpha value is -0.341. The molecule has 1 aliphatic carbocycles. The fraction of sp³-hybridized carbons (Fsp3) is 0.846. The average Bonchev–Trinajstić information content (AvgIpc) is 2.35. The van der Waals surface area contributed by atoms with Crippen molar-refractivity contribution >= 4 is 30.3 Å². The van der Waals surface area contributed by atoms with Crippen molar-refractivity contribution in [2.24, 2.45) is 17.2 Å². The standard InChI is InChI=1S/C10H17N2O4.3CH3.Sn/c1-6(8(14)15)10(9(16)12-11)5-3-2-4-7(10)13;;;;/h6-7,13H,1-5,11H2,(H,12,16)(H,14,15);3*1H3;. The van der Waals surface area contributed by atoms with E-state index in [9.17, 15) is 19.8 Å². The van der Waals surface area contributed by atoms with E-state index in [1.807, 2.05) is 0 Å². The molecule has 1 fully saturated rings. The van der Waals surface area contributed by atoms with Crippen molar-refractivity contribution in [3.05, 3.63) is 0 Å². The fourth-order valence-electron chi connectivity index (χ4n) is 3.25. The van der Waals surface area contributed by atoms with Gasteiger partial charge in [0.05, 0.1) is 0 Å².